The van der Waals surface area contributed by atoms with Crippen LogP contribution in [-0.4, -0.2) is 37.8 Å². The number of aromatic nitrogens is 1. The molecule has 2 aromatic rings. The molecule has 6 nitrogen and oxygen atoms in total. The molecule has 0 saturated heterocycles. The smallest absolute Gasteiger partial charge is 0.191 e. The van der Waals surface area contributed by atoms with Gasteiger partial charge in [0.1, 0.15) is 5.75 Å². The van der Waals surface area contributed by atoms with Crippen LogP contribution in [-0.2, 0) is 17.8 Å². The number of aryl methyl sites for hydroxylation is 2. The Labute approximate surface area is 191 Å². The van der Waals surface area contributed by atoms with E-state index in [1.165, 1.54) is 5.56 Å². The fourth-order valence-corrected chi connectivity index (χ4v) is 2.69. The van der Waals surface area contributed by atoms with Crippen LogP contribution in [0.15, 0.2) is 41.4 Å². The summed E-state index contributed by atoms with van der Waals surface area (Å²) in [6.07, 6.45) is 0.862. The summed E-state index contributed by atoms with van der Waals surface area (Å²) in [6, 6.07) is 12.3. The van der Waals surface area contributed by atoms with Crippen molar-refractivity contribution in [3.63, 3.8) is 0 Å². The van der Waals surface area contributed by atoms with Crippen molar-refractivity contribution in [3.8, 4) is 5.75 Å². The number of guanidine groups is 1. The topological polar surface area (TPSA) is 67.8 Å². The summed E-state index contributed by atoms with van der Waals surface area (Å²) in [5.41, 5.74) is 4.23. The van der Waals surface area contributed by atoms with Crippen LogP contribution in [0.4, 0.5) is 0 Å². The van der Waals surface area contributed by atoms with Crippen LogP contribution in [0.1, 0.15) is 35.9 Å². The highest BCUT2D eigenvalue weighted by Crippen LogP contribution is 2.21. The molecule has 2 N–H and O–H groups in total. The largest absolute Gasteiger partial charge is 0.493 e. The first-order chi connectivity index (χ1) is 13.6. The standard InChI is InChI=1S/C22H32N4O2.HI/c1-5-23-22(25-16-20-9-6-8-18(3)26-20)24-15-19-11-10-17(2)14-21(19)28-13-7-12-27-4;/h6,8-11,14H,5,7,12-13,15-16H2,1-4H3,(H2,23,24,25);1H. The lowest BCUT2D eigenvalue weighted by Crippen LogP contribution is -2.37. The van der Waals surface area contributed by atoms with Crippen molar-refractivity contribution in [2.75, 3.05) is 26.9 Å². The van der Waals surface area contributed by atoms with Gasteiger partial charge in [-0.25, -0.2) is 4.99 Å². The SMILES string of the molecule is CCNC(=NCc1ccc(C)cc1OCCCOC)NCc1cccc(C)n1.I. The van der Waals surface area contributed by atoms with E-state index in [2.05, 4.69) is 47.7 Å². The Balaban J connectivity index is 0.00000420. The molecule has 160 valence electrons. The first kappa shape index (κ1) is 25.2. The average molecular weight is 512 g/mol. The summed E-state index contributed by atoms with van der Waals surface area (Å²) in [5, 5.41) is 6.63. The number of methoxy groups -OCH3 is 1. The van der Waals surface area contributed by atoms with Crippen LogP contribution in [0.3, 0.4) is 0 Å². The van der Waals surface area contributed by atoms with Gasteiger partial charge in [0.25, 0.3) is 0 Å². The molecule has 2 rings (SSSR count). The summed E-state index contributed by atoms with van der Waals surface area (Å²) in [4.78, 5) is 9.24. The monoisotopic (exact) mass is 512 g/mol. The van der Waals surface area contributed by atoms with Crippen LogP contribution >= 0.6 is 24.0 Å². The summed E-state index contributed by atoms with van der Waals surface area (Å²) in [7, 11) is 1.70. The number of benzene rings is 1. The molecule has 0 unspecified atom stereocenters. The predicted molar refractivity (Wildman–Crippen MR) is 129 cm³/mol. The number of aliphatic imine (C=N–C) groups is 1. The van der Waals surface area contributed by atoms with E-state index in [-0.39, 0.29) is 24.0 Å². The molecule has 0 bridgehead atoms. The van der Waals surface area contributed by atoms with Crippen LogP contribution in [0.25, 0.3) is 0 Å². The summed E-state index contributed by atoms with van der Waals surface area (Å²) >= 11 is 0. The number of nitrogens with zero attached hydrogens (tertiary/aromatic N) is 2. The second kappa shape index (κ2) is 14.2. The van der Waals surface area contributed by atoms with E-state index >= 15 is 0 Å². The molecule has 0 aliphatic carbocycles. The molecule has 0 fully saturated rings. The maximum absolute atomic E-state index is 5.95. The Morgan fingerprint density at radius 1 is 1.10 bits per heavy atom. The molecule has 1 heterocycles. The number of rotatable bonds is 10. The van der Waals surface area contributed by atoms with Gasteiger partial charge in [0.2, 0.25) is 0 Å². The van der Waals surface area contributed by atoms with Gasteiger partial charge in [-0.2, -0.15) is 0 Å². The van der Waals surface area contributed by atoms with E-state index in [4.69, 9.17) is 14.5 Å². The zero-order valence-electron chi connectivity index (χ0n) is 17.8. The molecule has 0 radical (unpaired) electrons. The Morgan fingerprint density at radius 3 is 2.66 bits per heavy atom. The molecule has 7 heteroatoms. The molecule has 1 aromatic carbocycles. The van der Waals surface area contributed by atoms with E-state index in [9.17, 15) is 0 Å². The minimum absolute atomic E-state index is 0. The summed E-state index contributed by atoms with van der Waals surface area (Å²) in [6.45, 7) is 9.40. The van der Waals surface area contributed by atoms with Crippen molar-refractivity contribution in [1.82, 2.24) is 15.6 Å². The van der Waals surface area contributed by atoms with Crippen LogP contribution in [0.2, 0.25) is 0 Å². The third-order valence-corrected chi connectivity index (χ3v) is 4.11. The number of pyridine rings is 1. The normalized spacial score (nSPS) is 11.0. The maximum Gasteiger partial charge on any atom is 0.191 e. The fourth-order valence-electron chi connectivity index (χ4n) is 2.69. The van der Waals surface area contributed by atoms with Gasteiger partial charge in [0, 0.05) is 37.9 Å². The highest BCUT2D eigenvalue weighted by atomic mass is 127. The highest BCUT2D eigenvalue weighted by Gasteiger charge is 2.06. The number of nitrogens with one attached hydrogen (secondary N) is 2. The Morgan fingerprint density at radius 2 is 1.93 bits per heavy atom. The van der Waals surface area contributed by atoms with Gasteiger partial charge >= 0.3 is 0 Å². The Hall–Kier alpha value is -1.87. The van der Waals surface area contributed by atoms with Gasteiger partial charge in [0.05, 0.1) is 25.4 Å². The molecular formula is C22H33IN4O2. The van der Waals surface area contributed by atoms with E-state index in [1.54, 1.807) is 7.11 Å². The lowest BCUT2D eigenvalue weighted by Gasteiger charge is -2.14. The van der Waals surface area contributed by atoms with E-state index in [1.807, 2.05) is 25.1 Å². The van der Waals surface area contributed by atoms with E-state index < -0.39 is 0 Å². The molecule has 0 spiro atoms. The van der Waals surface area contributed by atoms with Gasteiger partial charge in [0.15, 0.2) is 5.96 Å². The van der Waals surface area contributed by atoms with Crippen molar-refractivity contribution in [1.29, 1.82) is 0 Å². The van der Waals surface area contributed by atoms with Crippen molar-refractivity contribution in [2.24, 2.45) is 4.99 Å². The second-order valence-electron chi connectivity index (χ2n) is 6.63. The van der Waals surface area contributed by atoms with Gasteiger partial charge in [-0.1, -0.05) is 18.2 Å². The van der Waals surface area contributed by atoms with Gasteiger partial charge in [-0.05, 0) is 44.5 Å². The fraction of sp³-hybridized carbons (Fsp3) is 0.455. The molecule has 0 aliphatic rings. The highest BCUT2D eigenvalue weighted by molar-refractivity contribution is 14.0. The molecule has 29 heavy (non-hydrogen) atoms. The second-order valence-corrected chi connectivity index (χ2v) is 6.63. The Kier molecular flexibility index (Phi) is 12.3. The van der Waals surface area contributed by atoms with Crippen molar-refractivity contribution >= 4 is 29.9 Å². The zero-order valence-corrected chi connectivity index (χ0v) is 20.2. The molecule has 0 saturated carbocycles. The molecule has 0 atom stereocenters. The Bertz CT molecular complexity index is 768. The van der Waals surface area contributed by atoms with Crippen LogP contribution in [0.5, 0.6) is 5.75 Å². The average Bonchev–Trinajstić information content (AvgIpc) is 2.68. The predicted octanol–water partition coefficient (Wildman–Crippen LogP) is 3.99. The minimum Gasteiger partial charge on any atom is -0.493 e. The molecular weight excluding hydrogens is 479 g/mol. The zero-order chi connectivity index (χ0) is 20.2. The van der Waals surface area contributed by atoms with E-state index in [0.29, 0.717) is 26.3 Å². The van der Waals surface area contributed by atoms with Gasteiger partial charge < -0.3 is 20.1 Å². The first-order valence-corrected chi connectivity index (χ1v) is 9.78. The molecule has 0 amide bonds. The minimum atomic E-state index is 0. The van der Waals surface area contributed by atoms with Crippen LogP contribution in [0, 0.1) is 13.8 Å². The van der Waals surface area contributed by atoms with Crippen molar-refractivity contribution < 1.29 is 9.47 Å². The van der Waals surface area contributed by atoms with Crippen molar-refractivity contribution in [2.45, 2.75) is 40.3 Å². The summed E-state index contributed by atoms with van der Waals surface area (Å²) in [5.74, 6) is 1.65. The van der Waals surface area contributed by atoms with E-state index in [0.717, 1.165) is 41.6 Å². The number of hydrogen-bond acceptors (Lipinski definition) is 4. The number of halogens is 1. The summed E-state index contributed by atoms with van der Waals surface area (Å²) < 4.78 is 11.0. The lowest BCUT2D eigenvalue weighted by molar-refractivity contribution is 0.172. The van der Waals surface area contributed by atoms with Gasteiger partial charge in [-0.3, -0.25) is 4.98 Å². The number of hydrogen-bond donors (Lipinski definition) is 2. The van der Waals surface area contributed by atoms with Crippen LogP contribution < -0.4 is 15.4 Å². The van der Waals surface area contributed by atoms with Crippen molar-refractivity contribution in [3.05, 3.63) is 58.9 Å². The third-order valence-electron chi connectivity index (χ3n) is 4.11. The number of ether oxygens (including phenoxy) is 2. The maximum atomic E-state index is 5.95. The third kappa shape index (κ3) is 9.45. The first-order valence-electron chi connectivity index (χ1n) is 9.78. The lowest BCUT2D eigenvalue weighted by atomic mass is 10.1. The van der Waals surface area contributed by atoms with Gasteiger partial charge in [-0.15, -0.1) is 24.0 Å². The molecule has 0 aliphatic heterocycles. The molecule has 1 aromatic heterocycles. The quantitative estimate of drug-likeness (QED) is 0.218.